The largest absolute Gasteiger partial charge is 2.00 e. The van der Waals surface area contributed by atoms with Crippen molar-refractivity contribution in [1.29, 1.82) is 0 Å². The molecule has 0 spiro atoms. The third-order valence-electron chi connectivity index (χ3n) is 15.6. The minimum atomic E-state index is -4.87. The molecule has 25 heteroatoms. The molecule has 16 bridgehead atoms. The van der Waals surface area contributed by atoms with Gasteiger partial charge in [0.25, 0.3) is 0 Å². The molecule has 18 rings (SSSR count). The molecule has 89 heavy (non-hydrogen) atoms. The number of nitrogens with zero attached hydrogens (tertiary/aromatic N) is 12. The zero-order valence-electron chi connectivity index (χ0n) is 45.3. The average molecular weight is 1240 g/mol. The third kappa shape index (κ3) is 8.66. The van der Waals surface area contributed by atoms with E-state index in [1.807, 2.05) is 146 Å². The van der Waals surface area contributed by atoms with E-state index in [1.165, 1.54) is 24.3 Å². The van der Waals surface area contributed by atoms with Gasteiger partial charge in [0.05, 0.1) is 9.79 Å². The molecule has 0 radical (unpaired) electrons. The van der Waals surface area contributed by atoms with Gasteiger partial charge in [0.2, 0.25) is 0 Å². The molecular weight excluding hydrogens is 1210 g/mol. The summed E-state index contributed by atoms with van der Waals surface area (Å²) in [6.45, 7) is 0. The van der Waals surface area contributed by atoms with E-state index in [1.54, 1.807) is 12.1 Å². The van der Waals surface area contributed by atoms with Crippen molar-refractivity contribution in [3.63, 3.8) is 0 Å². The van der Waals surface area contributed by atoms with Crippen LogP contribution >= 0.6 is 0 Å². The molecule has 0 aliphatic carbocycles. The van der Waals surface area contributed by atoms with Gasteiger partial charge in [0.15, 0.2) is 46.6 Å². The van der Waals surface area contributed by atoms with Crippen LogP contribution in [0.1, 0.15) is 0 Å². The molecule has 4 N–H and O–H groups in total. The van der Waals surface area contributed by atoms with Crippen molar-refractivity contribution in [3.8, 4) is 91.1 Å². The summed E-state index contributed by atoms with van der Waals surface area (Å²) in [6, 6.07) is 54.7. The maximum atomic E-state index is 12.4. The number of fused-ring (bicyclic) bond motifs is 40. The van der Waals surface area contributed by atoms with Gasteiger partial charge in [-0.25, -0.2) is 76.6 Å². The van der Waals surface area contributed by atoms with Crippen LogP contribution in [0.25, 0.3) is 179 Å². The molecular formula is C64H34FeN16O6S2. The summed E-state index contributed by atoms with van der Waals surface area (Å²) in [5.74, 6) is 3.09. The Morgan fingerprint density at radius 3 is 0.663 bits per heavy atom. The Morgan fingerprint density at radius 1 is 0.236 bits per heavy atom. The fourth-order valence-electron chi connectivity index (χ4n) is 11.7. The van der Waals surface area contributed by atoms with E-state index >= 15 is 0 Å². The van der Waals surface area contributed by atoms with Crippen LogP contribution in [0.3, 0.4) is 0 Å². The minimum absolute atomic E-state index is 0. The zero-order valence-corrected chi connectivity index (χ0v) is 48.0. The molecule has 8 aromatic carbocycles. The maximum Gasteiger partial charge on any atom is 2.00 e. The molecule has 4 aliphatic heterocycles. The second-order valence-electron chi connectivity index (χ2n) is 20.8. The van der Waals surface area contributed by atoms with Crippen molar-refractivity contribution >= 4 is 109 Å². The SMILES string of the molecule is O=S(=O)([O-])c1cccc2c3nc4nc(nc5[nH]c(nc6nc(nc([nH]3)c12)-c1ccccc1-6)c1ccccc51)-c1ccccc1-4.O=S(=O)([O-])c1cccc2c3nc4nc(nc5[nH]c(nc6nc(nc([nH]3)c12)-c1ccccc1-6)c1ccccc51)-c1ccccc1-4.[Fe+2]. The number of hydrogen-bond donors (Lipinski definition) is 4. The Hall–Kier alpha value is -11.2. The van der Waals surface area contributed by atoms with Crippen molar-refractivity contribution in [2.45, 2.75) is 9.79 Å². The predicted octanol–water partition coefficient (Wildman–Crippen LogP) is 11.5. The molecule has 22 nitrogen and oxygen atoms in total. The average Bonchev–Trinajstić information content (AvgIpc) is 1.68. The van der Waals surface area contributed by atoms with E-state index in [0.717, 1.165) is 54.9 Å². The first kappa shape index (κ1) is 53.3. The Morgan fingerprint density at radius 2 is 0.427 bits per heavy atom. The summed E-state index contributed by atoms with van der Waals surface area (Å²) < 4.78 is 74.5. The monoisotopic (exact) mass is 1240 g/mol. The molecule has 6 aromatic heterocycles. The Kier molecular flexibility index (Phi) is 11.9. The van der Waals surface area contributed by atoms with E-state index in [2.05, 4.69) is 19.9 Å². The van der Waals surface area contributed by atoms with E-state index in [4.69, 9.17) is 59.8 Å². The number of aromatic amines is 4. The second-order valence-corrected chi connectivity index (χ2v) is 23.5. The van der Waals surface area contributed by atoms with Gasteiger partial charge in [-0.3, -0.25) is 0 Å². The van der Waals surface area contributed by atoms with Crippen molar-refractivity contribution in [2.75, 3.05) is 0 Å². The van der Waals surface area contributed by atoms with Crippen LogP contribution in [0.5, 0.6) is 0 Å². The molecule has 14 aromatic rings. The number of H-pyrrole nitrogens is 4. The van der Waals surface area contributed by atoms with Gasteiger partial charge in [-0.15, -0.1) is 0 Å². The zero-order chi connectivity index (χ0) is 59.2. The van der Waals surface area contributed by atoms with Gasteiger partial charge in [-0.05, 0) is 12.1 Å². The molecule has 4 aliphatic rings. The van der Waals surface area contributed by atoms with E-state index in [9.17, 15) is 25.9 Å². The topological polar surface area (TPSA) is 332 Å². The molecule has 0 atom stereocenters. The quantitative estimate of drug-likeness (QED) is 0.0922. The number of aromatic nitrogens is 16. The summed E-state index contributed by atoms with van der Waals surface area (Å²) in [4.78, 5) is 70.4. The molecule has 0 saturated carbocycles. The first-order valence-corrected chi connectivity index (χ1v) is 30.0. The predicted molar refractivity (Wildman–Crippen MR) is 328 cm³/mol. The third-order valence-corrected chi connectivity index (χ3v) is 17.4. The number of hydrogen-bond acceptors (Lipinski definition) is 18. The second kappa shape index (κ2) is 19.9. The van der Waals surface area contributed by atoms with Gasteiger partial charge >= 0.3 is 17.1 Å². The van der Waals surface area contributed by atoms with Crippen molar-refractivity contribution in [2.24, 2.45) is 0 Å². The molecule has 10 heterocycles. The summed E-state index contributed by atoms with van der Waals surface area (Å²) in [6.07, 6.45) is 0. The standard InChI is InChI=1S/2C32H18N8O3S.Fe/c2*41-44(42,43)23-15-7-14-22-24(23)32-39-30-21-13-6-5-12-20(21)28(37-30)35-26-17-9-2-1-8-16(17)25(33-26)34-27-18-10-3-4-11-19(18)29(36-27)38-31(22)40-32;/h2*1-15H,(H,41,42,43)(H2,33,34,35,36,37,38,39,40);/q;;+2/p-2. The van der Waals surface area contributed by atoms with Crippen molar-refractivity contribution in [3.05, 3.63) is 182 Å². The van der Waals surface area contributed by atoms with Crippen LogP contribution in [0.2, 0.25) is 0 Å². The van der Waals surface area contributed by atoms with Gasteiger partial charge in [0.1, 0.15) is 65.4 Å². The van der Waals surface area contributed by atoms with Crippen molar-refractivity contribution < 1.29 is 43.0 Å². The van der Waals surface area contributed by atoms with Crippen LogP contribution in [0.15, 0.2) is 192 Å². The van der Waals surface area contributed by atoms with Crippen LogP contribution in [0.4, 0.5) is 0 Å². The van der Waals surface area contributed by atoms with Gasteiger partial charge in [-0.2, -0.15) is 0 Å². The number of nitrogens with one attached hydrogen (secondary N) is 4. The molecule has 0 amide bonds. The van der Waals surface area contributed by atoms with Gasteiger partial charge in [-0.1, -0.05) is 170 Å². The summed E-state index contributed by atoms with van der Waals surface area (Å²) in [5.41, 5.74) is 9.09. The Balaban J connectivity index is 0.000000141. The van der Waals surface area contributed by atoms with Crippen LogP contribution in [-0.2, 0) is 37.3 Å². The molecule has 0 unspecified atom stereocenters. The molecule has 0 saturated heterocycles. The Bertz CT molecular complexity index is 5690. The smallest absolute Gasteiger partial charge is 0.744 e. The number of benzene rings is 8. The maximum absolute atomic E-state index is 12.4. The van der Waals surface area contributed by atoms with E-state index < -0.39 is 30.0 Å². The molecule has 426 valence electrons. The van der Waals surface area contributed by atoms with Crippen LogP contribution < -0.4 is 0 Å². The summed E-state index contributed by atoms with van der Waals surface area (Å²) in [5, 5.41) is 4.49. The fourth-order valence-corrected chi connectivity index (χ4v) is 13.1. The van der Waals surface area contributed by atoms with Crippen LogP contribution in [0, 0.1) is 0 Å². The number of rotatable bonds is 2. The van der Waals surface area contributed by atoms with Crippen molar-refractivity contribution in [1.82, 2.24) is 79.7 Å². The first-order valence-electron chi connectivity index (χ1n) is 27.2. The van der Waals surface area contributed by atoms with E-state index in [0.29, 0.717) is 102 Å². The summed E-state index contributed by atoms with van der Waals surface area (Å²) in [7, 11) is -9.73. The van der Waals surface area contributed by atoms with Gasteiger partial charge < -0.3 is 29.0 Å². The summed E-state index contributed by atoms with van der Waals surface area (Å²) >= 11 is 0. The Labute approximate surface area is 511 Å². The molecule has 0 fully saturated rings. The first-order chi connectivity index (χ1) is 42.8. The van der Waals surface area contributed by atoms with E-state index in [-0.39, 0.29) is 39.1 Å². The van der Waals surface area contributed by atoms with Crippen LogP contribution in [-0.4, -0.2) is 106 Å². The normalized spacial score (nSPS) is 12.2. The fraction of sp³-hybridized carbons (Fsp3) is 0. The van der Waals surface area contributed by atoms with Gasteiger partial charge in [0, 0.05) is 87.6 Å². The minimum Gasteiger partial charge on any atom is -0.744 e.